The molecule has 100 valence electrons. The van der Waals surface area contributed by atoms with Crippen molar-refractivity contribution in [3.63, 3.8) is 0 Å². The maximum atomic E-state index is 13.1. The number of alkyl halides is 2. The zero-order valence-corrected chi connectivity index (χ0v) is 10.7. The number of benzene rings is 1. The van der Waals surface area contributed by atoms with E-state index in [9.17, 15) is 13.9 Å². The van der Waals surface area contributed by atoms with Crippen molar-refractivity contribution in [1.29, 1.82) is 0 Å². The van der Waals surface area contributed by atoms with Crippen molar-refractivity contribution in [3.8, 4) is 0 Å². The second kappa shape index (κ2) is 5.35. The summed E-state index contributed by atoms with van der Waals surface area (Å²) in [4.78, 5) is 0. The molecule has 18 heavy (non-hydrogen) atoms. The Bertz CT molecular complexity index is 393. The lowest BCUT2D eigenvalue weighted by Gasteiger charge is -2.31. The van der Waals surface area contributed by atoms with Gasteiger partial charge >= 0.3 is 0 Å². The van der Waals surface area contributed by atoms with Crippen LogP contribution in [0.5, 0.6) is 0 Å². The molecular weight excluding hydrogens is 234 g/mol. The number of aryl methyl sites for hydroxylation is 1. The largest absolute Gasteiger partial charge is 0.388 e. The molecule has 1 atom stereocenters. The normalized spacial score (nSPS) is 21.8. The minimum absolute atomic E-state index is 0.0308. The summed E-state index contributed by atoms with van der Waals surface area (Å²) in [5, 5.41) is 10.3. The Balaban J connectivity index is 2.05. The predicted molar refractivity (Wildman–Crippen MR) is 67.7 cm³/mol. The van der Waals surface area contributed by atoms with Gasteiger partial charge in [0.1, 0.15) is 0 Å². The molecule has 1 fully saturated rings. The van der Waals surface area contributed by atoms with Gasteiger partial charge in [-0.15, -0.1) is 0 Å². The Labute approximate surface area is 107 Å². The summed E-state index contributed by atoms with van der Waals surface area (Å²) < 4.78 is 26.2. The van der Waals surface area contributed by atoms with Crippen LogP contribution in [0.1, 0.15) is 49.8 Å². The molecule has 1 unspecified atom stereocenters. The summed E-state index contributed by atoms with van der Waals surface area (Å²) in [6.07, 6.45) is 0.940. The van der Waals surface area contributed by atoms with Crippen LogP contribution in [0.2, 0.25) is 0 Å². The molecule has 1 saturated carbocycles. The van der Waals surface area contributed by atoms with Crippen LogP contribution in [0.25, 0.3) is 0 Å². The van der Waals surface area contributed by atoms with E-state index in [4.69, 9.17) is 0 Å². The highest BCUT2D eigenvalue weighted by molar-refractivity contribution is 5.25. The van der Waals surface area contributed by atoms with E-state index in [1.54, 1.807) is 0 Å². The van der Waals surface area contributed by atoms with E-state index in [1.807, 2.05) is 24.3 Å². The molecule has 2 rings (SSSR count). The molecule has 1 N–H and O–H groups in total. The number of hydrogen-bond acceptors (Lipinski definition) is 1. The molecule has 1 aliphatic carbocycles. The van der Waals surface area contributed by atoms with Crippen molar-refractivity contribution in [2.75, 3.05) is 0 Å². The van der Waals surface area contributed by atoms with Gasteiger partial charge in [0, 0.05) is 12.8 Å². The topological polar surface area (TPSA) is 20.2 Å². The lowest BCUT2D eigenvalue weighted by atomic mass is 9.81. The summed E-state index contributed by atoms with van der Waals surface area (Å²) in [6.45, 7) is 2.06. The summed E-state index contributed by atoms with van der Waals surface area (Å²) >= 11 is 0. The van der Waals surface area contributed by atoms with Gasteiger partial charge in [0.05, 0.1) is 6.10 Å². The van der Waals surface area contributed by atoms with Crippen molar-refractivity contribution in [2.45, 2.75) is 51.1 Å². The maximum absolute atomic E-state index is 13.1. The standard InChI is InChI=1S/C15H20F2O/c1-2-11-4-3-5-13(10-11)14(18)12-6-8-15(16,17)9-7-12/h3-5,10,12,14,18H,2,6-9H2,1H3. The van der Waals surface area contributed by atoms with E-state index in [2.05, 4.69) is 6.92 Å². The van der Waals surface area contributed by atoms with Crippen LogP contribution in [0.15, 0.2) is 24.3 Å². The Kier molecular flexibility index (Phi) is 4.00. The molecular formula is C15H20F2O. The van der Waals surface area contributed by atoms with Crippen LogP contribution < -0.4 is 0 Å². The number of halogens is 2. The zero-order valence-electron chi connectivity index (χ0n) is 10.7. The van der Waals surface area contributed by atoms with Gasteiger partial charge in [-0.3, -0.25) is 0 Å². The summed E-state index contributed by atoms with van der Waals surface area (Å²) in [5.74, 6) is -2.56. The van der Waals surface area contributed by atoms with Crippen LogP contribution in [0.4, 0.5) is 8.78 Å². The fourth-order valence-corrected chi connectivity index (χ4v) is 2.65. The predicted octanol–water partition coefficient (Wildman–Crippen LogP) is 4.11. The highest BCUT2D eigenvalue weighted by atomic mass is 19.3. The monoisotopic (exact) mass is 254 g/mol. The van der Waals surface area contributed by atoms with Gasteiger partial charge < -0.3 is 5.11 Å². The van der Waals surface area contributed by atoms with Crippen LogP contribution in [-0.4, -0.2) is 11.0 Å². The van der Waals surface area contributed by atoms with Crippen molar-refractivity contribution >= 4 is 0 Å². The van der Waals surface area contributed by atoms with Crippen molar-refractivity contribution < 1.29 is 13.9 Å². The summed E-state index contributed by atoms with van der Waals surface area (Å²) in [6, 6.07) is 7.81. The Morgan fingerprint density at radius 3 is 2.61 bits per heavy atom. The van der Waals surface area contributed by atoms with Gasteiger partial charge in [0.15, 0.2) is 0 Å². The number of aliphatic hydroxyl groups excluding tert-OH is 1. The average molecular weight is 254 g/mol. The van der Waals surface area contributed by atoms with E-state index in [-0.39, 0.29) is 18.8 Å². The minimum Gasteiger partial charge on any atom is -0.388 e. The maximum Gasteiger partial charge on any atom is 0.248 e. The fraction of sp³-hybridized carbons (Fsp3) is 0.600. The Morgan fingerprint density at radius 2 is 2.00 bits per heavy atom. The average Bonchev–Trinajstić information content (AvgIpc) is 2.38. The summed E-state index contributed by atoms with van der Waals surface area (Å²) in [7, 11) is 0. The van der Waals surface area contributed by atoms with Gasteiger partial charge in [-0.2, -0.15) is 0 Å². The summed E-state index contributed by atoms with van der Waals surface area (Å²) in [5.41, 5.74) is 2.04. The first-order valence-electron chi connectivity index (χ1n) is 6.66. The molecule has 3 heteroatoms. The minimum atomic E-state index is -2.53. The van der Waals surface area contributed by atoms with E-state index in [0.717, 1.165) is 12.0 Å². The lowest BCUT2D eigenvalue weighted by molar-refractivity contribution is -0.0627. The number of aliphatic hydroxyl groups is 1. The third-order valence-corrected chi connectivity index (χ3v) is 3.91. The first-order chi connectivity index (χ1) is 8.52. The van der Waals surface area contributed by atoms with Crippen molar-refractivity contribution in [2.24, 2.45) is 5.92 Å². The number of rotatable bonds is 3. The first kappa shape index (κ1) is 13.5. The van der Waals surface area contributed by atoms with Crippen LogP contribution in [0.3, 0.4) is 0 Å². The van der Waals surface area contributed by atoms with Crippen LogP contribution >= 0.6 is 0 Å². The molecule has 0 amide bonds. The first-order valence-corrected chi connectivity index (χ1v) is 6.66. The van der Waals surface area contributed by atoms with Crippen molar-refractivity contribution in [1.82, 2.24) is 0 Å². The van der Waals surface area contributed by atoms with Crippen LogP contribution in [0, 0.1) is 5.92 Å². The Morgan fingerprint density at radius 1 is 1.33 bits per heavy atom. The second-order valence-corrected chi connectivity index (χ2v) is 5.24. The zero-order chi connectivity index (χ0) is 13.2. The Hall–Kier alpha value is -0.960. The van der Waals surface area contributed by atoms with Gasteiger partial charge in [0.2, 0.25) is 5.92 Å². The van der Waals surface area contributed by atoms with Gasteiger partial charge in [-0.1, -0.05) is 31.2 Å². The van der Waals surface area contributed by atoms with Crippen LogP contribution in [-0.2, 0) is 6.42 Å². The molecule has 0 heterocycles. The molecule has 0 saturated heterocycles. The molecule has 0 radical (unpaired) electrons. The third kappa shape index (κ3) is 3.08. The van der Waals surface area contributed by atoms with E-state index >= 15 is 0 Å². The van der Waals surface area contributed by atoms with Gasteiger partial charge in [-0.05, 0) is 36.3 Å². The number of hydrogen-bond donors (Lipinski definition) is 1. The van der Waals surface area contributed by atoms with Crippen molar-refractivity contribution in [3.05, 3.63) is 35.4 Å². The molecule has 0 aromatic heterocycles. The molecule has 0 spiro atoms. The van der Waals surface area contributed by atoms with Gasteiger partial charge in [0.25, 0.3) is 0 Å². The van der Waals surface area contributed by atoms with E-state index < -0.39 is 12.0 Å². The third-order valence-electron chi connectivity index (χ3n) is 3.91. The molecule has 0 aliphatic heterocycles. The van der Waals surface area contributed by atoms with E-state index in [0.29, 0.717) is 12.8 Å². The highest BCUT2D eigenvalue weighted by Crippen LogP contribution is 2.41. The molecule has 1 aromatic rings. The highest BCUT2D eigenvalue weighted by Gasteiger charge is 2.37. The van der Waals surface area contributed by atoms with Gasteiger partial charge in [-0.25, -0.2) is 8.78 Å². The smallest absolute Gasteiger partial charge is 0.248 e. The SMILES string of the molecule is CCc1cccc(C(O)C2CCC(F)(F)CC2)c1. The molecule has 1 aromatic carbocycles. The lowest BCUT2D eigenvalue weighted by Crippen LogP contribution is -2.27. The quantitative estimate of drug-likeness (QED) is 0.860. The molecule has 0 bridgehead atoms. The second-order valence-electron chi connectivity index (χ2n) is 5.24. The van der Waals surface area contributed by atoms with E-state index in [1.165, 1.54) is 5.56 Å². The fourth-order valence-electron chi connectivity index (χ4n) is 2.65. The molecule has 1 aliphatic rings. The molecule has 1 nitrogen and oxygen atoms in total.